The molecule has 0 saturated carbocycles. The van der Waals surface area contributed by atoms with Crippen molar-refractivity contribution >= 4 is 40.5 Å². The maximum absolute atomic E-state index is 12.3. The fourth-order valence-electron chi connectivity index (χ4n) is 2.07. The van der Waals surface area contributed by atoms with E-state index in [-0.39, 0.29) is 5.91 Å². The first kappa shape index (κ1) is 14.0. The number of amides is 1. The molecule has 0 aliphatic carbocycles. The van der Waals surface area contributed by atoms with Crippen LogP contribution < -0.4 is 15.4 Å². The molecule has 0 spiro atoms. The Morgan fingerprint density at radius 2 is 2.05 bits per heavy atom. The van der Waals surface area contributed by atoms with Gasteiger partial charge in [0, 0.05) is 5.02 Å². The highest BCUT2D eigenvalue weighted by atomic mass is 35.5. The van der Waals surface area contributed by atoms with Crippen LogP contribution in [0.2, 0.25) is 10.0 Å². The van der Waals surface area contributed by atoms with Crippen molar-refractivity contribution in [1.29, 1.82) is 0 Å². The van der Waals surface area contributed by atoms with E-state index in [4.69, 9.17) is 27.9 Å². The predicted octanol–water partition coefficient (Wildman–Crippen LogP) is 3.81. The summed E-state index contributed by atoms with van der Waals surface area (Å²) in [6.45, 7) is 0.390. The van der Waals surface area contributed by atoms with Gasteiger partial charge in [0.2, 0.25) is 0 Å². The van der Waals surface area contributed by atoms with Crippen LogP contribution in [-0.2, 0) is 4.79 Å². The molecular formula is C15H12Cl2N2O2. The van der Waals surface area contributed by atoms with Gasteiger partial charge in [-0.1, -0.05) is 35.3 Å². The number of halogens is 2. The summed E-state index contributed by atoms with van der Waals surface area (Å²) >= 11 is 11.9. The molecule has 2 aromatic rings. The number of anilines is 2. The zero-order valence-corrected chi connectivity index (χ0v) is 12.4. The van der Waals surface area contributed by atoms with Crippen LogP contribution >= 0.6 is 23.2 Å². The topological polar surface area (TPSA) is 50.4 Å². The molecule has 2 N–H and O–H groups in total. The third-order valence-electron chi connectivity index (χ3n) is 3.11. The van der Waals surface area contributed by atoms with Gasteiger partial charge in [-0.3, -0.25) is 4.79 Å². The second-order valence-corrected chi connectivity index (χ2v) is 5.44. The summed E-state index contributed by atoms with van der Waals surface area (Å²) in [5.41, 5.74) is 1.35. The van der Waals surface area contributed by atoms with Gasteiger partial charge in [-0.05, 0) is 30.3 Å². The largest absolute Gasteiger partial charge is 0.477 e. The normalized spacial score (nSPS) is 16.4. The first-order valence-corrected chi connectivity index (χ1v) is 7.14. The van der Waals surface area contributed by atoms with E-state index < -0.39 is 6.10 Å². The molecular weight excluding hydrogens is 311 g/mol. The quantitative estimate of drug-likeness (QED) is 0.884. The van der Waals surface area contributed by atoms with E-state index in [0.717, 1.165) is 5.69 Å². The highest BCUT2D eigenvalue weighted by molar-refractivity contribution is 6.35. The van der Waals surface area contributed by atoms with E-state index in [2.05, 4.69) is 10.6 Å². The Kier molecular flexibility index (Phi) is 3.90. The molecule has 0 aromatic heterocycles. The maximum atomic E-state index is 12.3. The number of para-hydroxylation sites is 2. The minimum Gasteiger partial charge on any atom is -0.477 e. The summed E-state index contributed by atoms with van der Waals surface area (Å²) in [6, 6.07) is 12.4. The van der Waals surface area contributed by atoms with Gasteiger partial charge in [-0.2, -0.15) is 0 Å². The average molecular weight is 323 g/mol. The number of rotatable bonds is 2. The molecule has 1 unspecified atom stereocenters. The van der Waals surface area contributed by atoms with E-state index in [1.807, 2.05) is 24.3 Å². The zero-order valence-electron chi connectivity index (χ0n) is 10.9. The maximum Gasteiger partial charge on any atom is 0.267 e. The van der Waals surface area contributed by atoms with Gasteiger partial charge < -0.3 is 15.4 Å². The van der Waals surface area contributed by atoms with Gasteiger partial charge >= 0.3 is 0 Å². The lowest BCUT2D eigenvalue weighted by molar-refractivity contribution is -0.122. The standard InChI is InChI=1S/C15H12Cl2N2O2/c16-9-5-6-10(17)12(7-9)19-15(20)14-8-18-11-3-1-2-4-13(11)21-14/h1-7,14,18H,8H2,(H,19,20). The monoisotopic (exact) mass is 322 g/mol. The van der Waals surface area contributed by atoms with Crippen LogP contribution in [0.3, 0.4) is 0 Å². The van der Waals surface area contributed by atoms with E-state index in [1.54, 1.807) is 18.2 Å². The summed E-state index contributed by atoms with van der Waals surface area (Å²) in [4.78, 5) is 12.3. The van der Waals surface area contributed by atoms with Gasteiger partial charge in [0.05, 0.1) is 22.9 Å². The Bertz CT molecular complexity index is 691. The minimum absolute atomic E-state index is 0.277. The number of carbonyl (C=O) groups is 1. The molecule has 1 atom stereocenters. The van der Waals surface area contributed by atoms with Crippen molar-refractivity contribution in [1.82, 2.24) is 0 Å². The summed E-state index contributed by atoms with van der Waals surface area (Å²) in [7, 11) is 0. The fraction of sp³-hybridized carbons (Fsp3) is 0.133. The number of ether oxygens (including phenoxy) is 1. The molecule has 0 bridgehead atoms. The highest BCUT2D eigenvalue weighted by Crippen LogP contribution is 2.29. The number of hydrogen-bond donors (Lipinski definition) is 2. The molecule has 108 valence electrons. The second-order valence-electron chi connectivity index (χ2n) is 4.60. The van der Waals surface area contributed by atoms with E-state index in [1.165, 1.54) is 0 Å². The van der Waals surface area contributed by atoms with Gasteiger partial charge in [0.15, 0.2) is 6.10 Å². The summed E-state index contributed by atoms with van der Waals surface area (Å²) in [6.07, 6.45) is -0.630. The molecule has 3 rings (SSSR count). The van der Waals surface area contributed by atoms with Crippen molar-refractivity contribution in [2.75, 3.05) is 17.2 Å². The Morgan fingerprint density at radius 1 is 1.24 bits per heavy atom. The minimum atomic E-state index is -0.630. The lowest BCUT2D eigenvalue weighted by atomic mass is 10.2. The van der Waals surface area contributed by atoms with Crippen molar-refractivity contribution < 1.29 is 9.53 Å². The first-order valence-electron chi connectivity index (χ1n) is 6.39. The van der Waals surface area contributed by atoms with Crippen molar-refractivity contribution in [3.05, 3.63) is 52.5 Å². The van der Waals surface area contributed by atoms with Crippen LogP contribution in [0.25, 0.3) is 0 Å². The number of hydrogen-bond acceptors (Lipinski definition) is 3. The molecule has 21 heavy (non-hydrogen) atoms. The lowest BCUT2D eigenvalue weighted by Gasteiger charge is -2.26. The molecule has 1 heterocycles. The van der Waals surface area contributed by atoms with E-state index in [9.17, 15) is 4.79 Å². The van der Waals surface area contributed by atoms with Gasteiger partial charge in [-0.25, -0.2) is 0 Å². The fourth-order valence-corrected chi connectivity index (χ4v) is 2.40. The van der Waals surface area contributed by atoms with E-state index >= 15 is 0 Å². The predicted molar refractivity (Wildman–Crippen MR) is 84.4 cm³/mol. The zero-order chi connectivity index (χ0) is 14.8. The highest BCUT2D eigenvalue weighted by Gasteiger charge is 2.26. The van der Waals surface area contributed by atoms with Crippen molar-refractivity contribution in [2.24, 2.45) is 0 Å². The van der Waals surface area contributed by atoms with Gasteiger partial charge in [0.1, 0.15) is 5.75 Å². The number of benzene rings is 2. The molecule has 0 saturated heterocycles. The summed E-state index contributed by atoms with van der Waals surface area (Å²) in [5, 5.41) is 6.82. The molecule has 1 aliphatic heterocycles. The van der Waals surface area contributed by atoms with Gasteiger partial charge in [-0.15, -0.1) is 0 Å². The summed E-state index contributed by atoms with van der Waals surface area (Å²) in [5.74, 6) is 0.377. The molecule has 2 aromatic carbocycles. The van der Waals surface area contributed by atoms with Crippen LogP contribution in [0, 0.1) is 0 Å². The Balaban J connectivity index is 1.74. The van der Waals surface area contributed by atoms with Crippen LogP contribution in [0.1, 0.15) is 0 Å². The second kappa shape index (κ2) is 5.84. The SMILES string of the molecule is O=C(Nc1cc(Cl)ccc1Cl)C1CNc2ccccc2O1. The Hall–Kier alpha value is -1.91. The van der Waals surface area contributed by atoms with Gasteiger partial charge in [0.25, 0.3) is 5.91 Å². The first-order chi connectivity index (χ1) is 10.1. The molecule has 4 nitrogen and oxygen atoms in total. The van der Waals surface area contributed by atoms with E-state index in [0.29, 0.717) is 28.0 Å². The molecule has 6 heteroatoms. The average Bonchev–Trinajstić information content (AvgIpc) is 2.50. The molecule has 1 aliphatic rings. The Morgan fingerprint density at radius 3 is 2.90 bits per heavy atom. The third kappa shape index (κ3) is 3.06. The number of nitrogens with one attached hydrogen (secondary N) is 2. The summed E-state index contributed by atoms with van der Waals surface area (Å²) < 4.78 is 5.69. The van der Waals surface area contributed by atoms with Crippen LogP contribution in [0.5, 0.6) is 5.75 Å². The smallest absolute Gasteiger partial charge is 0.267 e. The van der Waals surface area contributed by atoms with Crippen LogP contribution in [-0.4, -0.2) is 18.6 Å². The van der Waals surface area contributed by atoms with Crippen LogP contribution in [0.15, 0.2) is 42.5 Å². The molecule has 1 amide bonds. The third-order valence-corrected chi connectivity index (χ3v) is 3.68. The number of carbonyl (C=O) groups excluding carboxylic acids is 1. The van der Waals surface area contributed by atoms with Crippen LogP contribution in [0.4, 0.5) is 11.4 Å². The number of fused-ring (bicyclic) bond motifs is 1. The lowest BCUT2D eigenvalue weighted by Crippen LogP contribution is -2.41. The molecule has 0 fully saturated rings. The van der Waals surface area contributed by atoms with Crippen molar-refractivity contribution in [2.45, 2.75) is 6.10 Å². The van der Waals surface area contributed by atoms with Crippen molar-refractivity contribution in [3.8, 4) is 5.75 Å². The molecule has 0 radical (unpaired) electrons. The van der Waals surface area contributed by atoms with Crippen molar-refractivity contribution in [3.63, 3.8) is 0 Å². The Labute approximate surface area is 132 Å².